The fraction of sp³-hybridized carbons (Fsp3) is 0.625. The van der Waals surface area contributed by atoms with Crippen LogP contribution in [0.15, 0.2) is 24.3 Å². The third-order valence-corrected chi connectivity index (χ3v) is 4.53. The highest BCUT2D eigenvalue weighted by atomic mass is 19.3. The van der Waals surface area contributed by atoms with Gasteiger partial charge in [-0.3, -0.25) is 4.90 Å². The van der Waals surface area contributed by atoms with Crippen molar-refractivity contribution in [2.24, 2.45) is 5.73 Å². The van der Waals surface area contributed by atoms with E-state index in [4.69, 9.17) is 5.73 Å². The summed E-state index contributed by atoms with van der Waals surface area (Å²) in [6.07, 6.45) is -0.243. The van der Waals surface area contributed by atoms with Crippen LogP contribution < -0.4 is 5.73 Å². The predicted molar refractivity (Wildman–Crippen MR) is 81.5 cm³/mol. The summed E-state index contributed by atoms with van der Waals surface area (Å²) in [6, 6.07) is 7.11. The molecule has 0 aromatic heterocycles. The molecule has 0 spiro atoms. The number of hydrogen-bond acceptors (Lipinski definition) is 3. The van der Waals surface area contributed by atoms with Crippen LogP contribution in [0, 0.1) is 0 Å². The van der Waals surface area contributed by atoms with E-state index in [1.165, 1.54) is 6.07 Å². The normalized spacial score (nSPS) is 19.4. The van der Waals surface area contributed by atoms with E-state index >= 15 is 0 Å². The molecule has 0 saturated carbocycles. The van der Waals surface area contributed by atoms with Gasteiger partial charge in [0.2, 0.25) is 0 Å². The highest BCUT2D eigenvalue weighted by Gasteiger charge is 2.26. The Labute approximate surface area is 125 Å². The minimum absolute atomic E-state index is 0.00268. The number of rotatable bonds is 5. The number of alkyl halides is 2. The van der Waals surface area contributed by atoms with Crippen molar-refractivity contribution in [3.05, 3.63) is 35.4 Å². The first-order valence-electron chi connectivity index (χ1n) is 7.51. The summed E-state index contributed by atoms with van der Waals surface area (Å²) in [7, 11) is 4.19. The van der Waals surface area contributed by atoms with E-state index in [0.29, 0.717) is 12.6 Å². The van der Waals surface area contributed by atoms with Crippen LogP contribution in [0.4, 0.5) is 8.78 Å². The first kappa shape index (κ1) is 16.3. The number of likely N-dealkylation sites (N-methyl/N-ethyl adjacent to an activating group) is 1. The number of likely N-dealkylation sites (tertiary alicyclic amines) is 1. The third kappa shape index (κ3) is 3.99. The molecule has 1 atom stereocenters. The smallest absolute Gasteiger partial charge is 0.263 e. The molecule has 1 aromatic rings. The second-order valence-corrected chi connectivity index (χ2v) is 5.92. The molecular weight excluding hydrogens is 272 g/mol. The largest absolute Gasteiger partial charge is 0.329 e. The zero-order valence-corrected chi connectivity index (χ0v) is 12.8. The standard InChI is InChI=1S/C16H25F2N3/c1-20-8-6-14(7-9-20)21(2)15(11-19)12-4-3-5-13(10-12)16(17)18/h3-5,10,14-16H,6-9,11,19H2,1-2H3. The van der Waals surface area contributed by atoms with Gasteiger partial charge in [0.25, 0.3) is 6.43 Å². The Morgan fingerprint density at radius 3 is 2.48 bits per heavy atom. The van der Waals surface area contributed by atoms with Crippen molar-refractivity contribution in [3.8, 4) is 0 Å². The minimum atomic E-state index is -2.43. The second-order valence-electron chi connectivity index (χ2n) is 5.92. The van der Waals surface area contributed by atoms with Gasteiger partial charge in [-0.1, -0.05) is 18.2 Å². The SMILES string of the molecule is CN1CCC(N(C)C(CN)c2cccc(C(F)F)c2)CC1. The van der Waals surface area contributed by atoms with E-state index in [9.17, 15) is 8.78 Å². The molecule has 3 nitrogen and oxygen atoms in total. The fourth-order valence-electron chi connectivity index (χ4n) is 3.10. The topological polar surface area (TPSA) is 32.5 Å². The van der Waals surface area contributed by atoms with Crippen LogP contribution >= 0.6 is 0 Å². The van der Waals surface area contributed by atoms with Crippen molar-refractivity contribution in [3.63, 3.8) is 0 Å². The molecule has 0 bridgehead atoms. The Balaban J connectivity index is 2.13. The monoisotopic (exact) mass is 297 g/mol. The third-order valence-electron chi connectivity index (χ3n) is 4.53. The maximum absolute atomic E-state index is 12.9. The van der Waals surface area contributed by atoms with Gasteiger partial charge in [-0.15, -0.1) is 0 Å². The van der Waals surface area contributed by atoms with Crippen molar-refractivity contribution >= 4 is 0 Å². The molecule has 2 rings (SSSR count). The molecule has 1 aliphatic rings. The summed E-state index contributed by atoms with van der Waals surface area (Å²) < 4.78 is 25.7. The molecular formula is C16H25F2N3. The summed E-state index contributed by atoms with van der Waals surface area (Å²) in [5, 5.41) is 0. The summed E-state index contributed by atoms with van der Waals surface area (Å²) in [5.74, 6) is 0. The van der Waals surface area contributed by atoms with Crippen LogP contribution in [0.2, 0.25) is 0 Å². The van der Waals surface area contributed by atoms with Crippen LogP contribution in [-0.2, 0) is 0 Å². The van der Waals surface area contributed by atoms with Gasteiger partial charge in [0.1, 0.15) is 0 Å². The number of hydrogen-bond donors (Lipinski definition) is 1. The van der Waals surface area contributed by atoms with Crippen LogP contribution in [0.25, 0.3) is 0 Å². The summed E-state index contributed by atoms with van der Waals surface area (Å²) in [4.78, 5) is 4.58. The van der Waals surface area contributed by atoms with Crippen LogP contribution in [-0.4, -0.2) is 49.6 Å². The van der Waals surface area contributed by atoms with Crippen LogP contribution in [0.5, 0.6) is 0 Å². The molecule has 0 aliphatic carbocycles. The highest BCUT2D eigenvalue weighted by molar-refractivity contribution is 5.27. The maximum Gasteiger partial charge on any atom is 0.263 e. The van der Waals surface area contributed by atoms with E-state index < -0.39 is 6.43 Å². The van der Waals surface area contributed by atoms with E-state index in [1.807, 2.05) is 6.07 Å². The Bertz CT molecular complexity index is 445. The Hall–Kier alpha value is -1.04. The average Bonchev–Trinajstić information content (AvgIpc) is 2.49. The van der Waals surface area contributed by atoms with Gasteiger partial charge in [0.15, 0.2) is 0 Å². The molecule has 5 heteroatoms. The van der Waals surface area contributed by atoms with E-state index in [-0.39, 0.29) is 11.6 Å². The van der Waals surface area contributed by atoms with Gasteiger partial charge < -0.3 is 10.6 Å². The van der Waals surface area contributed by atoms with Gasteiger partial charge in [-0.25, -0.2) is 8.78 Å². The van der Waals surface area contributed by atoms with E-state index in [2.05, 4.69) is 23.9 Å². The summed E-state index contributed by atoms with van der Waals surface area (Å²) in [6.45, 7) is 2.59. The molecule has 0 amide bonds. The zero-order valence-electron chi connectivity index (χ0n) is 12.8. The first-order valence-corrected chi connectivity index (χ1v) is 7.51. The molecule has 21 heavy (non-hydrogen) atoms. The fourth-order valence-corrected chi connectivity index (χ4v) is 3.10. The van der Waals surface area contributed by atoms with Crippen molar-refractivity contribution < 1.29 is 8.78 Å². The van der Waals surface area contributed by atoms with Crippen molar-refractivity contribution in [1.82, 2.24) is 9.80 Å². The van der Waals surface area contributed by atoms with Crippen LogP contribution in [0.3, 0.4) is 0 Å². The molecule has 118 valence electrons. The quantitative estimate of drug-likeness (QED) is 0.907. The van der Waals surface area contributed by atoms with Gasteiger partial charge in [0, 0.05) is 24.2 Å². The number of nitrogens with two attached hydrogens (primary N) is 1. The Morgan fingerprint density at radius 1 is 1.29 bits per heavy atom. The second kappa shape index (κ2) is 7.29. The van der Waals surface area contributed by atoms with E-state index in [0.717, 1.165) is 31.5 Å². The molecule has 2 N–H and O–H groups in total. The lowest BCUT2D eigenvalue weighted by atomic mass is 9.97. The number of nitrogens with zero attached hydrogens (tertiary/aromatic N) is 2. The van der Waals surface area contributed by atoms with Crippen molar-refractivity contribution in [1.29, 1.82) is 0 Å². The molecule has 1 unspecified atom stereocenters. The molecule has 0 radical (unpaired) electrons. The first-order chi connectivity index (χ1) is 10.0. The lowest BCUT2D eigenvalue weighted by molar-refractivity contribution is 0.109. The number of benzene rings is 1. The molecule has 1 aliphatic heterocycles. The van der Waals surface area contributed by atoms with Gasteiger partial charge in [0.05, 0.1) is 0 Å². The zero-order chi connectivity index (χ0) is 15.4. The van der Waals surface area contributed by atoms with Gasteiger partial charge in [-0.05, 0) is 51.7 Å². The summed E-state index contributed by atoms with van der Waals surface area (Å²) in [5.41, 5.74) is 6.88. The molecule has 1 fully saturated rings. The Kier molecular flexibility index (Phi) is 5.67. The predicted octanol–water partition coefficient (Wildman–Crippen LogP) is 2.65. The number of halogens is 2. The van der Waals surface area contributed by atoms with Crippen molar-refractivity contribution in [2.45, 2.75) is 31.4 Å². The molecule has 1 aromatic carbocycles. The lowest BCUT2D eigenvalue weighted by Gasteiger charge is -2.39. The molecule has 1 saturated heterocycles. The van der Waals surface area contributed by atoms with Crippen LogP contribution in [0.1, 0.15) is 36.4 Å². The Morgan fingerprint density at radius 2 is 1.90 bits per heavy atom. The average molecular weight is 297 g/mol. The van der Waals surface area contributed by atoms with E-state index in [1.54, 1.807) is 12.1 Å². The number of piperidine rings is 1. The van der Waals surface area contributed by atoms with Crippen molar-refractivity contribution in [2.75, 3.05) is 33.7 Å². The van der Waals surface area contributed by atoms with Gasteiger partial charge >= 0.3 is 0 Å². The minimum Gasteiger partial charge on any atom is -0.329 e. The maximum atomic E-state index is 12.9. The summed E-state index contributed by atoms with van der Waals surface area (Å²) >= 11 is 0. The molecule has 1 heterocycles. The highest BCUT2D eigenvalue weighted by Crippen LogP contribution is 2.28. The lowest BCUT2D eigenvalue weighted by Crippen LogP contribution is -2.45. The van der Waals surface area contributed by atoms with Gasteiger partial charge in [-0.2, -0.15) is 0 Å².